The molecule has 2 saturated carbocycles. The minimum absolute atomic E-state index is 0.0423. The molecule has 6 fully saturated rings. The second-order valence-electron chi connectivity index (χ2n) is 22.2. The molecule has 4 aromatic heterocycles. The van der Waals surface area contributed by atoms with E-state index in [4.69, 9.17) is 24.2 Å². The average Bonchev–Trinajstić information content (AvgIpc) is 4.38. The SMILES string of the molecule is C[C@@H](Oc1nc(-c2ccc(N3CCN(C(=O)OC(C)(C)C)CC3)c(C#N)c2)cc2ncn(C3CC3)c12)[C@H]1CNC(=O)C1.C[C@@H](Oc1nc(-c2ccc(N3CCNCC3)c(C#N)c2)cc2ncn(C3CC3)c12)[C@H]1CNC(=O)C1. The molecule has 20 heteroatoms. The number of fused-ring (bicyclic) bond motifs is 2. The molecular formula is C57H66N14O6. The summed E-state index contributed by atoms with van der Waals surface area (Å²) in [7, 11) is 0. The molecule has 0 spiro atoms. The number of amides is 3. The summed E-state index contributed by atoms with van der Waals surface area (Å²) in [6.45, 7) is 16.6. The van der Waals surface area contributed by atoms with Crippen molar-refractivity contribution in [2.45, 2.75) is 103 Å². The minimum Gasteiger partial charge on any atom is -0.473 e. The molecule has 0 bridgehead atoms. The van der Waals surface area contributed by atoms with Gasteiger partial charge in [-0.1, -0.05) is 12.1 Å². The Morgan fingerprint density at radius 2 is 1.12 bits per heavy atom. The van der Waals surface area contributed by atoms with Gasteiger partial charge >= 0.3 is 6.09 Å². The molecule has 400 valence electrons. The molecular weight excluding hydrogens is 977 g/mol. The van der Waals surface area contributed by atoms with Crippen LogP contribution in [0.5, 0.6) is 11.8 Å². The van der Waals surface area contributed by atoms with E-state index in [9.17, 15) is 24.9 Å². The Labute approximate surface area is 447 Å². The summed E-state index contributed by atoms with van der Waals surface area (Å²) in [6, 6.07) is 21.2. The lowest BCUT2D eigenvalue weighted by atomic mass is 10.0. The first kappa shape index (κ1) is 51.2. The molecule has 3 amide bonds. The monoisotopic (exact) mass is 1040 g/mol. The van der Waals surface area contributed by atoms with Crippen molar-refractivity contribution in [2.75, 3.05) is 75.2 Å². The number of carbonyl (C=O) groups excluding carboxylic acids is 3. The summed E-state index contributed by atoms with van der Waals surface area (Å²) in [6.07, 6.45) is 8.38. The van der Waals surface area contributed by atoms with Crippen LogP contribution in [-0.4, -0.2) is 135 Å². The number of imidazole rings is 2. The Kier molecular flexibility index (Phi) is 14.1. The number of ether oxygens (including phenoxy) is 3. The third-order valence-corrected chi connectivity index (χ3v) is 15.4. The maximum absolute atomic E-state index is 12.5. The van der Waals surface area contributed by atoms with Crippen molar-refractivity contribution in [1.29, 1.82) is 10.5 Å². The van der Waals surface area contributed by atoms with Gasteiger partial charge in [0.25, 0.3) is 0 Å². The Morgan fingerprint density at radius 1 is 0.662 bits per heavy atom. The Hall–Kier alpha value is -7.97. The summed E-state index contributed by atoms with van der Waals surface area (Å²) in [4.78, 5) is 61.4. The van der Waals surface area contributed by atoms with E-state index in [1.807, 2.05) is 95.8 Å². The highest BCUT2D eigenvalue weighted by Crippen LogP contribution is 2.43. The Morgan fingerprint density at radius 3 is 1.52 bits per heavy atom. The fourth-order valence-corrected chi connectivity index (χ4v) is 10.7. The zero-order valence-corrected chi connectivity index (χ0v) is 44.4. The number of hydrogen-bond acceptors (Lipinski definition) is 15. The lowest BCUT2D eigenvalue weighted by Crippen LogP contribution is -2.50. The predicted molar refractivity (Wildman–Crippen MR) is 289 cm³/mol. The van der Waals surface area contributed by atoms with Crippen LogP contribution in [0.1, 0.15) is 96.4 Å². The third kappa shape index (κ3) is 11.2. The molecule has 2 aromatic carbocycles. The Bertz CT molecular complexity index is 3310. The fourth-order valence-electron chi connectivity index (χ4n) is 10.7. The number of carbonyl (C=O) groups is 3. The smallest absolute Gasteiger partial charge is 0.410 e. The number of benzene rings is 2. The van der Waals surface area contributed by atoms with Gasteiger partial charge in [-0.3, -0.25) is 9.59 Å². The highest BCUT2D eigenvalue weighted by molar-refractivity contribution is 5.87. The lowest BCUT2D eigenvalue weighted by molar-refractivity contribution is -0.120. The van der Waals surface area contributed by atoms with Crippen LogP contribution in [0.2, 0.25) is 0 Å². The summed E-state index contributed by atoms with van der Waals surface area (Å²) in [5.41, 5.74) is 8.85. The van der Waals surface area contributed by atoms with Gasteiger partial charge in [-0.05, 0) is 96.7 Å². The van der Waals surface area contributed by atoms with E-state index in [1.54, 1.807) is 4.90 Å². The van der Waals surface area contributed by atoms with Gasteiger partial charge in [0.05, 0.1) is 57.6 Å². The molecule has 4 aliphatic heterocycles. The standard InChI is InChI=1S/C31H37N7O4.C26H29N7O2/c1-19(22-14-27(39)33-17-22)41-29-28-25(34-18-38(28)23-6-7-23)15-24(35-29)20-5-8-26(21(13-20)16-32)36-9-11-37(12-10-36)30(40)42-31(2,3)4;1-16(19-11-24(34)29-14-19)35-26-25-22(30-15-33(25)20-3-4-20)12-21(31-26)17-2-5-23(18(10-17)13-27)32-8-6-28-7-9-32/h5,8,13,15,18-19,22-23H,6-7,9-12,14,17H2,1-4H3,(H,33,39);2,5,10,12,15-16,19-20,28H,3-4,6-9,11,14H2,1H3,(H,29,34)/t19-,22-;16-,19-/m11/s1. The van der Waals surface area contributed by atoms with Crippen molar-refractivity contribution in [2.24, 2.45) is 11.8 Å². The number of rotatable bonds is 12. The van der Waals surface area contributed by atoms with Gasteiger partial charge in [-0.15, -0.1) is 0 Å². The van der Waals surface area contributed by atoms with Crippen molar-refractivity contribution in [1.82, 2.24) is 49.9 Å². The number of nitrogens with zero attached hydrogens (tertiary/aromatic N) is 11. The first-order valence-electron chi connectivity index (χ1n) is 27.1. The quantitative estimate of drug-likeness (QED) is 0.113. The maximum atomic E-state index is 12.5. The zero-order valence-electron chi connectivity index (χ0n) is 44.4. The number of piperazine rings is 2. The van der Waals surface area contributed by atoms with Gasteiger partial charge in [0.1, 0.15) is 41.0 Å². The molecule has 12 rings (SSSR count). The fraction of sp³-hybridized carbons (Fsp3) is 0.491. The zero-order chi connectivity index (χ0) is 53.5. The van der Waals surface area contributed by atoms with E-state index in [-0.39, 0.29) is 42.0 Å². The summed E-state index contributed by atoms with van der Waals surface area (Å²) in [5, 5.41) is 29.1. The lowest BCUT2D eigenvalue weighted by Gasteiger charge is -2.37. The van der Waals surface area contributed by atoms with Crippen LogP contribution in [0.3, 0.4) is 0 Å². The number of nitrogens with one attached hydrogen (secondary N) is 3. The molecule has 4 saturated heterocycles. The first-order valence-corrected chi connectivity index (χ1v) is 27.1. The number of anilines is 2. The van der Waals surface area contributed by atoms with Crippen LogP contribution in [-0.2, 0) is 14.3 Å². The molecule has 3 N–H and O–H groups in total. The molecule has 77 heavy (non-hydrogen) atoms. The molecule has 0 radical (unpaired) electrons. The number of nitriles is 2. The normalized spacial score (nSPS) is 20.4. The van der Waals surface area contributed by atoms with Gasteiger partial charge in [-0.25, -0.2) is 24.7 Å². The molecule has 4 atom stereocenters. The molecule has 8 heterocycles. The summed E-state index contributed by atoms with van der Waals surface area (Å²) >= 11 is 0. The van der Waals surface area contributed by atoms with E-state index in [1.165, 1.54) is 0 Å². The van der Waals surface area contributed by atoms with Crippen molar-refractivity contribution < 1.29 is 28.6 Å². The van der Waals surface area contributed by atoms with Crippen molar-refractivity contribution in [3.63, 3.8) is 0 Å². The number of aromatic nitrogens is 6. The largest absolute Gasteiger partial charge is 0.473 e. The van der Waals surface area contributed by atoms with Crippen molar-refractivity contribution in [3.05, 3.63) is 72.3 Å². The number of hydrogen-bond donors (Lipinski definition) is 3. The molecule has 0 unspecified atom stereocenters. The van der Waals surface area contributed by atoms with E-state index >= 15 is 0 Å². The predicted octanol–water partition coefficient (Wildman–Crippen LogP) is 6.88. The maximum Gasteiger partial charge on any atom is 0.410 e. The van der Waals surface area contributed by atoms with Crippen molar-refractivity contribution >= 4 is 51.3 Å². The van der Waals surface area contributed by atoms with E-state index in [0.717, 1.165) is 102 Å². The Balaban J connectivity index is 0.000000166. The van der Waals surface area contributed by atoms with Crippen LogP contribution in [0.4, 0.5) is 16.2 Å². The minimum atomic E-state index is -0.541. The summed E-state index contributed by atoms with van der Waals surface area (Å²) in [5.74, 6) is 1.31. The average molecular weight is 1040 g/mol. The highest BCUT2D eigenvalue weighted by Gasteiger charge is 2.34. The van der Waals surface area contributed by atoms with Gasteiger partial charge in [-0.2, -0.15) is 10.5 Å². The van der Waals surface area contributed by atoms with Crippen LogP contribution in [0, 0.1) is 34.5 Å². The van der Waals surface area contributed by atoms with Gasteiger partial charge in [0, 0.05) is 113 Å². The van der Waals surface area contributed by atoms with Crippen molar-refractivity contribution in [3.8, 4) is 46.4 Å². The van der Waals surface area contributed by atoms with Crippen LogP contribution in [0.25, 0.3) is 44.6 Å². The van der Waals surface area contributed by atoms with Crippen LogP contribution < -0.4 is 35.2 Å². The van der Waals surface area contributed by atoms with Gasteiger partial charge in [0.2, 0.25) is 23.6 Å². The van der Waals surface area contributed by atoms with E-state index in [0.29, 0.717) is 92.8 Å². The third-order valence-electron chi connectivity index (χ3n) is 15.4. The molecule has 6 aliphatic rings. The molecule has 20 nitrogen and oxygen atoms in total. The first-order chi connectivity index (χ1) is 37.2. The summed E-state index contributed by atoms with van der Waals surface area (Å²) < 4.78 is 22.7. The van der Waals surface area contributed by atoms with Crippen LogP contribution in [0.15, 0.2) is 61.2 Å². The molecule has 6 aromatic rings. The highest BCUT2D eigenvalue weighted by atomic mass is 16.6. The van der Waals surface area contributed by atoms with E-state index < -0.39 is 5.60 Å². The van der Waals surface area contributed by atoms with Crippen LogP contribution >= 0.6 is 0 Å². The topological polar surface area (TPSA) is 234 Å². The van der Waals surface area contributed by atoms with Gasteiger partial charge < -0.3 is 54.0 Å². The molecule has 2 aliphatic carbocycles. The second kappa shape index (κ2) is 21.2. The second-order valence-corrected chi connectivity index (χ2v) is 22.2. The number of pyridine rings is 2. The van der Waals surface area contributed by atoms with E-state index in [2.05, 4.69) is 57.0 Å². The van der Waals surface area contributed by atoms with Gasteiger partial charge in [0.15, 0.2) is 0 Å².